The maximum absolute atomic E-state index is 12.4. The summed E-state index contributed by atoms with van der Waals surface area (Å²) in [6.07, 6.45) is 0. The molecule has 1 unspecified atom stereocenters. The molecule has 0 saturated heterocycles. The lowest BCUT2D eigenvalue weighted by atomic mass is 10.0. The van der Waals surface area contributed by atoms with Crippen molar-refractivity contribution in [3.63, 3.8) is 0 Å². The van der Waals surface area contributed by atoms with Gasteiger partial charge in [0.15, 0.2) is 0 Å². The van der Waals surface area contributed by atoms with Crippen LogP contribution in [0.15, 0.2) is 42.5 Å². The van der Waals surface area contributed by atoms with Crippen LogP contribution in [0.2, 0.25) is 5.02 Å². The van der Waals surface area contributed by atoms with Gasteiger partial charge in [0.1, 0.15) is 6.07 Å². The second-order valence-corrected chi connectivity index (χ2v) is 6.67. The maximum Gasteiger partial charge on any atom is 0.241 e. The van der Waals surface area contributed by atoms with E-state index in [1.54, 1.807) is 12.1 Å². The molecule has 0 heterocycles. The Hall–Kier alpha value is -2.35. The normalized spacial score (nSPS) is 11.8. The summed E-state index contributed by atoms with van der Waals surface area (Å²) in [4.78, 5) is 12.4. The Morgan fingerprint density at radius 3 is 2.56 bits per heavy atom. The maximum atomic E-state index is 12.4. The first-order chi connectivity index (χ1) is 11.9. The molecule has 0 fully saturated rings. The minimum Gasteiger partial charge on any atom is -0.324 e. The van der Waals surface area contributed by atoms with Gasteiger partial charge < -0.3 is 10.6 Å². The Morgan fingerprint density at radius 1 is 1.20 bits per heavy atom. The van der Waals surface area contributed by atoms with E-state index in [0.29, 0.717) is 23.0 Å². The average molecular weight is 356 g/mol. The minimum absolute atomic E-state index is 0.0900. The summed E-state index contributed by atoms with van der Waals surface area (Å²) in [5.74, 6) is 0.244. The molecule has 1 amide bonds. The first-order valence-corrected chi connectivity index (χ1v) is 8.62. The lowest BCUT2D eigenvalue weighted by Gasteiger charge is -2.17. The summed E-state index contributed by atoms with van der Waals surface area (Å²) >= 11 is 6.03. The molecule has 0 bridgehead atoms. The number of nitrogens with zero attached hydrogens (tertiary/aromatic N) is 1. The highest BCUT2D eigenvalue weighted by Crippen LogP contribution is 2.23. The van der Waals surface area contributed by atoms with Crippen LogP contribution in [0.1, 0.15) is 43.4 Å². The molecule has 2 aromatic rings. The molecule has 0 aliphatic rings. The highest BCUT2D eigenvalue weighted by molar-refractivity contribution is 6.31. The number of benzene rings is 2. The number of halogens is 1. The highest BCUT2D eigenvalue weighted by atomic mass is 35.5. The van der Waals surface area contributed by atoms with Gasteiger partial charge in [-0.05, 0) is 42.2 Å². The first-order valence-electron chi connectivity index (χ1n) is 8.24. The molecule has 5 heteroatoms. The van der Waals surface area contributed by atoms with E-state index in [-0.39, 0.29) is 11.9 Å². The van der Waals surface area contributed by atoms with Crippen molar-refractivity contribution in [1.29, 1.82) is 5.26 Å². The van der Waals surface area contributed by atoms with Crippen molar-refractivity contribution >= 4 is 23.2 Å². The SMILES string of the molecule is CC(NCc1ccc(C#N)c(Cl)c1)C(=O)Nc1ccccc1C(C)C. The molecule has 25 heavy (non-hydrogen) atoms. The Balaban J connectivity index is 1.97. The molecule has 0 radical (unpaired) electrons. The number of nitriles is 1. The Bertz CT molecular complexity index is 796. The van der Waals surface area contributed by atoms with Crippen molar-refractivity contribution in [3.05, 3.63) is 64.2 Å². The van der Waals surface area contributed by atoms with Crippen LogP contribution in [0.3, 0.4) is 0 Å². The van der Waals surface area contributed by atoms with Crippen LogP contribution in [0.5, 0.6) is 0 Å². The van der Waals surface area contributed by atoms with Crippen molar-refractivity contribution in [2.45, 2.75) is 39.3 Å². The molecular weight excluding hydrogens is 334 g/mol. The zero-order chi connectivity index (χ0) is 18.4. The van der Waals surface area contributed by atoms with E-state index in [0.717, 1.165) is 16.8 Å². The zero-order valence-corrected chi connectivity index (χ0v) is 15.4. The molecule has 0 aromatic heterocycles. The number of hydrogen-bond donors (Lipinski definition) is 2. The third kappa shape index (κ3) is 5.06. The zero-order valence-electron chi connectivity index (χ0n) is 14.6. The fourth-order valence-corrected chi connectivity index (χ4v) is 2.72. The van der Waals surface area contributed by atoms with Gasteiger partial charge in [0.05, 0.1) is 16.6 Å². The summed E-state index contributed by atoms with van der Waals surface area (Å²) in [6.45, 7) is 6.51. The summed E-state index contributed by atoms with van der Waals surface area (Å²) in [5.41, 5.74) is 3.33. The molecule has 0 spiro atoms. The van der Waals surface area contributed by atoms with E-state index >= 15 is 0 Å². The second-order valence-electron chi connectivity index (χ2n) is 6.26. The summed E-state index contributed by atoms with van der Waals surface area (Å²) in [5, 5.41) is 15.5. The van der Waals surface area contributed by atoms with Crippen molar-refractivity contribution in [2.75, 3.05) is 5.32 Å². The van der Waals surface area contributed by atoms with E-state index in [4.69, 9.17) is 16.9 Å². The third-order valence-corrected chi connectivity index (χ3v) is 4.31. The largest absolute Gasteiger partial charge is 0.324 e. The van der Waals surface area contributed by atoms with E-state index in [1.807, 2.05) is 43.3 Å². The number of carbonyl (C=O) groups excluding carboxylic acids is 1. The molecule has 2 aromatic carbocycles. The van der Waals surface area contributed by atoms with Gasteiger partial charge in [0.25, 0.3) is 0 Å². The van der Waals surface area contributed by atoms with Crippen LogP contribution in [0.25, 0.3) is 0 Å². The lowest BCUT2D eigenvalue weighted by molar-refractivity contribution is -0.117. The Labute approximate surface area is 153 Å². The van der Waals surface area contributed by atoms with E-state index < -0.39 is 0 Å². The monoisotopic (exact) mass is 355 g/mol. The fourth-order valence-electron chi connectivity index (χ4n) is 2.48. The van der Waals surface area contributed by atoms with Crippen LogP contribution >= 0.6 is 11.6 Å². The predicted octanol–water partition coefficient (Wildman–Crippen LogP) is 4.45. The molecule has 0 aliphatic carbocycles. The number of para-hydroxylation sites is 1. The van der Waals surface area contributed by atoms with Gasteiger partial charge in [0, 0.05) is 12.2 Å². The van der Waals surface area contributed by atoms with E-state index in [9.17, 15) is 4.79 Å². The number of nitrogens with one attached hydrogen (secondary N) is 2. The van der Waals surface area contributed by atoms with Gasteiger partial charge in [-0.15, -0.1) is 0 Å². The summed E-state index contributed by atoms with van der Waals surface area (Å²) < 4.78 is 0. The van der Waals surface area contributed by atoms with Crippen molar-refractivity contribution < 1.29 is 4.79 Å². The quantitative estimate of drug-likeness (QED) is 0.804. The standard InChI is InChI=1S/C20H22ClN3O/c1-13(2)17-6-4-5-7-19(17)24-20(25)14(3)23-12-15-8-9-16(11-22)18(21)10-15/h4-10,13-14,23H,12H2,1-3H3,(H,24,25). The third-order valence-electron chi connectivity index (χ3n) is 4.00. The fraction of sp³-hybridized carbons (Fsp3) is 0.300. The van der Waals surface area contributed by atoms with Crippen molar-refractivity contribution in [3.8, 4) is 6.07 Å². The van der Waals surface area contributed by atoms with Gasteiger partial charge in [-0.25, -0.2) is 0 Å². The number of carbonyl (C=O) groups is 1. The van der Waals surface area contributed by atoms with Gasteiger partial charge in [-0.2, -0.15) is 5.26 Å². The van der Waals surface area contributed by atoms with Gasteiger partial charge in [0.2, 0.25) is 5.91 Å². The molecule has 2 N–H and O–H groups in total. The van der Waals surface area contributed by atoms with E-state index in [1.165, 1.54) is 0 Å². The number of amides is 1. The second kappa shape index (κ2) is 8.66. The van der Waals surface area contributed by atoms with Crippen molar-refractivity contribution in [1.82, 2.24) is 5.32 Å². The molecule has 130 valence electrons. The number of anilines is 1. The molecule has 0 saturated carbocycles. The van der Waals surface area contributed by atoms with Gasteiger partial charge in [-0.1, -0.05) is 49.7 Å². The van der Waals surface area contributed by atoms with Crippen LogP contribution in [-0.2, 0) is 11.3 Å². The molecular formula is C20H22ClN3O. The van der Waals surface area contributed by atoms with Gasteiger partial charge >= 0.3 is 0 Å². The van der Waals surface area contributed by atoms with Crippen LogP contribution in [0.4, 0.5) is 5.69 Å². The van der Waals surface area contributed by atoms with Crippen LogP contribution in [-0.4, -0.2) is 11.9 Å². The molecule has 1 atom stereocenters. The first kappa shape index (κ1) is 19.0. The number of hydrogen-bond acceptors (Lipinski definition) is 3. The summed E-state index contributed by atoms with van der Waals surface area (Å²) in [6, 6.07) is 14.7. The van der Waals surface area contributed by atoms with E-state index in [2.05, 4.69) is 24.5 Å². The molecule has 2 rings (SSSR count). The lowest BCUT2D eigenvalue weighted by Crippen LogP contribution is -2.37. The molecule has 0 aliphatic heterocycles. The topological polar surface area (TPSA) is 64.9 Å². The van der Waals surface area contributed by atoms with Crippen LogP contribution < -0.4 is 10.6 Å². The Kier molecular flexibility index (Phi) is 6.58. The highest BCUT2D eigenvalue weighted by Gasteiger charge is 2.15. The van der Waals surface area contributed by atoms with Gasteiger partial charge in [-0.3, -0.25) is 4.79 Å². The molecule has 4 nitrogen and oxygen atoms in total. The summed E-state index contributed by atoms with van der Waals surface area (Å²) in [7, 11) is 0. The average Bonchev–Trinajstić information content (AvgIpc) is 2.60. The van der Waals surface area contributed by atoms with Crippen LogP contribution in [0, 0.1) is 11.3 Å². The minimum atomic E-state index is -0.366. The number of rotatable bonds is 6. The van der Waals surface area contributed by atoms with Crippen molar-refractivity contribution in [2.24, 2.45) is 0 Å². The predicted molar refractivity (Wildman–Crippen MR) is 102 cm³/mol. The Morgan fingerprint density at radius 2 is 1.92 bits per heavy atom. The smallest absolute Gasteiger partial charge is 0.241 e.